The van der Waals surface area contributed by atoms with Crippen LogP contribution in [0.3, 0.4) is 0 Å². The topological polar surface area (TPSA) is 77.7 Å². The molecule has 2 aromatic carbocycles. The van der Waals surface area contributed by atoms with E-state index in [-0.39, 0.29) is 11.8 Å². The van der Waals surface area contributed by atoms with Gasteiger partial charge in [-0.1, -0.05) is 35.0 Å². The van der Waals surface area contributed by atoms with Crippen molar-refractivity contribution in [2.24, 2.45) is 0 Å². The first-order valence-corrected chi connectivity index (χ1v) is 11.6. The third-order valence-corrected chi connectivity index (χ3v) is 5.91. The number of nitrogens with zero attached hydrogens (tertiary/aromatic N) is 3. The molecule has 0 spiro atoms. The molecule has 1 aliphatic heterocycles. The van der Waals surface area contributed by atoms with Gasteiger partial charge in [0.25, 0.3) is 0 Å². The maximum absolute atomic E-state index is 12.6. The number of aromatic nitrogens is 2. The largest absolute Gasteiger partial charge is 0.490 e. The quantitative estimate of drug-likeness (QED) is 0.471. The van der Waals surface area contributed by atoms with Gasteiger partial charge < -0.3 is 18.9 Å². The van der Waals surface area contributed by atoms with E-state index < -0.39 is 0 Å². The van der Waals surface area contributed by atoms with Crippen molar-refractivity contribution < 1.29 is 18.8 Å². The predicted molar refractivity (Wildman–Crippen MR) is 126 cm³/mol. The van der Waals surface area contributed by atoms with Crippen molar-refractivity contribution in [1.82, 2.24) is 15.0 Å². The minimum Gasteiger partial charge on any atom is -0.490 e. The molecule has 1 unspecified atom stereocenters. The fourth-order valence-corrected chi connectivity index (χ4v) is 4.24. The number of carbonyl (C=O) groups is 1. The van der Waals surface area contributed by atoms with E-state index in [1.807, 2.05) is 56.0 Å². The molecule has 2 heterocycles. The van der Waals surface area contributed by atoms with Crippen molar-refractivity contribution in [3.63, 3.8) is 0 Å². The third-order valence-electron chi connectivity index (χ3n) is 5.91. The zero-order valence-corrected chi connectivity index (χ0v) is 19.8. The summed E-state index contributed by atoms with van der Waals surface area (Å²) in [7, 11) is 0. The summed E-state index contributed by atoms with van der Waals surface area (Å²) in [5.74, 6) is 2.63. The summed E-state index contributed by atoms with van der Waals surface area (Å²) in [6, 6.07) is 12.1. The summed E-state index contributed by atoms with van der Waals surface area (Å²) in [5, 5.41) is 4.17. The van der Waals surface area contributed by atoms with Crippen LogP contribution in [0.15, 0.2) is 40.9 Å². The van der Waals surface area contributed by atoms with Crippen molar-refractivity contribution in [2.45, 2.75) is 46.5 Å². The van der Waals surface area contributed by atoms with Crippen LogP contribution in [0.5, 0.6) is 11.5 Å². The van der Waals surface area contributed by atoms with Crippen LogP contribution in [-0.2, 0) is 11.2 Å². The average Bonchev–Trinajstić information content (AvgIpc) is 3.41. The number of ether oxygens (including phenoxy) is 2. The standard InChI is InChI=1S/C26H31N3O4/c1-5-31-22-10-8-19(14-23(22)32-6-2)11-12-29-16-20(15-24(29)30)26-27-25(28-33-26)21-9-7-17(3)13-18(21)4/h7-10,13-14,20H,5-6,11-12,15-16H2,1-4H3. The lowest BCUT2D eigenvalue weighted by atomic mass is 10.1. The Morgan fingerprint density at radius 3 is 2.61 bits per heavy atom. The molecule has 3 aromatic rings. The summed E-state index contributed by atoms with van der Waals surface area (Å²) >= 11 is 0. The Balaban J connectivity index is 1.40. The van der Waals surface area contributed by atoms with Crippen LogP contribution in [0, 0.1) is 13.8 Å². The van der Waals surface area contributed by atoms with Crippen molar-refractivity contribution in [2.75, 3.05) is 26.3 Å². The zero-order chi connectivity index (χ0) is 23.4. The molecular weight excluding hydrogens is 418 g/mol. The van der Waals surface area contributed by atoms with Gasteiger partial charge in [0.1, 0.15) is 0 Å². The Labute approximate surface area is 194 Å². The van der Waals surface area contributed by atoms with Gasteiger partial charge in [-0.05, 0) is 57.4 Å². The molecule has 0 radical (unpaired) electrons. The number of hydrogen-bond donors (Lipinski definition) is 0. The van der Waals surface area contributed by atoms with E-state index in [9.17, 15) is 4.79 Å². The molecule has 0 aliphatic carbocycles. The van der Waals surface area contributed by atoms with Crippen LogP contribution in [-0.4, -0.2) is 47.3 Å². The maximum Gasteiger partial charge on any atom is 0.232 e. The third kappa shape index (κ3) is 5.18. The fraction of sp³-hybridized carbons (Fsp3) is 0.423. The minimum atomic E-state index is -0.0798. The van der Waals surface area contributed by atoms with Crippen molar-refractivity contribution in [3.8, 4) is 22.9 Å². The number of likely N-dealkylation sites (tertiary alicyclic amines) is 1. The molecule has 33 heavy (non-hydrogen) atoms. The molecule has 1 amide bonds. The van der Waals surface area contributed by atoms with Crippen LogP contribution in [0.1, 0.15) is 48.8 Å². The molecule has 1 aromatic heterocycles. The molecule has 0 bridgehead atoms. The summed E-state index contributed by atoms with van der Waals surface area (Å²) in [6.07, 6.45) is 1.13. The van der Waals surface area contributed by atoms with Gasteiger partial charge >= 0.3 is 0 Å². The van der Waals surface area contributed by atoms with Gasteiger partial charge in [-0.2, -0.15) is 4.98 Å². The molecule has 174 valence electrons. The summed E-state index contributed by atoms with van der Waals surface area (Å²) in [5.41, 5.74) is 4.36. The van der Waals surface area contributed by atoms with E-state index in [4.69, 9.17) is 14.0 Å². The maximum atomic E-state index is 12.6. The SMILES string of the molecule is CCOc1ccc(CCN2CC(c3nc(-c4ccc(C)cc4C)no3)CC2=O)cc1OCC. The van der Waals surface area contributed by atoms with E-state index >= 15 is 0 Å². The predicted octanol–water partition coefficient (Wildman–Crippen LogP) is 4.71. The fourth-order valence-electron chi connectivity index (χ4n) is 4.24. The minimum absolute atomic E-state index is 0.0798. The van der Waals surface area contributed by atoms with Crippen LogP contribution in [0.25, 0.3) is 11.4 Å². The van der Waals surface area contributed by atoms with E-state index in [0.29, 0.717) is 44.4 Å². The van der Waals surface area contributed by atoms with E-state index in [1.54, 1.807) is 0 Å². The van der Waals surface area contributed by atoms with E-state index in [2.05, 4.69) is 23.1 Å². The summed E-state index contributed by atoms with van der Waals surface area (Å²) < 4.78 is 16.9. The number of aryl methyl sites for hydroxylation is 2. The van der Waals surface area contributed by atoms with Gasteiger partial charge in [-0.3, -0.25) is 4.79 Å². The summed E-state index contributed by atoms with van der Waals surface area (Å²) in [4.78, 5) is 19.1. The Morgan fingerprint density at radius 2 is 1.85 bits per heavy atom. The van der Waals surface area contributed by atoms with Gasteiger partial charge in [-0.25, -0.2) is 0 Å². The highest BCUT2D eigenvalue weighted by molar-refractivity contribution is 5.79. The first-order chi connectivity index (χ1) is 16.0. The van der Waals surface area contributed by atoms with Gasteiger partial charge in [-0.15, -0.1) is 0 Å². The zero-order valence-electron chi connectivity index (χ0n) is 19.8. The lowest BCUT2D eigenvalue weighted by molar-refractivity contribution is -0.127. The Morgan fingerprint density at radius 1 is 1.06 bits per heavy atom. The second-order valence-electron chi connectivity index (χ2n) is 8.41. The van der Waals surface area contributed by atoms with E-state index in [0.717, 1.165) is 34.6 Å². The highest BCUT2D eigenvalue weighted by atomic mass is 16.5. The highest BCUT2D eigenvalue weighted by Crippen LogP contribution is 2.31. The molecule has 4 rings (SSSR count). The molecule has 1 fully saturated rings. The molecule has 1 aliphatic rings. The molecule has 7 nitrogen and oxygen atoms in total. The van der Waals surface area contributed by atoms with Crippen molar-refractivity contribution in [3.05, 3.63) is 59.0 Å². The van der Waals surface area contributed by atoms with Gasteiger partial charge in [0.05, 0.1) is 19.1 Å². The van der Waals surface area contributed by atoms with E-state index in [1.165, 1.54) is 5.56 Å². The van der Waals surface area contributed by atoms with Crippen LogP contribution >= 0.6 is 0 Å². The van der Waals surface area contributed by atoms with Crippen molar-refractivity contribution in [1.29, 1.82) is 0 Å². The molecule has 1 atom stereocenters. The number of hydrogen-bond acceptors (Lipinski definition) is 6. The van der Waals surface area contributed by atoms with Gasteiger partial charge in [0.2, 0.25) is 17.6 Å². The number of amides is 1. The van der Waals surface area contributed by atoms with Gasteiger partial charge in [0.15, 0.2) is 11.5 Å². The van der Waals surface area contributed by atoms with Gasteiger partial charge in [0, 0.05) is 25.1 Å². The Bertz CT molecular complexity index is 1120. The lowest BCUT2D eigenvalue weighted by Crippen LogP contribution is -2.27. The van der Waals surface area contributed by atoms with Crippen LogP contribution in [0.4, 0.5) is 0 Å². The lowest BCUT2D eigenvalue weighted by Gasteiger charge is -2.17. The normalized spacial score (nSPS) is 15.8. The monoisotopic (exact) mass is 449 g/mol. The second-order valence-corrected chi connectivity index (χ2v) is 8.41. The second kappa shape index (κ2) is 10.1. The highest BCUT2D eigenvalue weighted by Gasteiger charge is 2.34. The first-order valence-electron chi connectivity index (χ1n) is 11.6. The van der Waals surface area contributed by atoms with Crippen LogP contribution < -0.4 is 9.47 Å². The Kier molecular flexibility index (Phi) is 6.96. The summed E-state index contributed by atoms with van der Waals surface area (Å²) in [6.45, 7) is 10.4. The average molecular weight is 450 g/mol. The number of rotatable bonds is 9. The molecular formula is C26H31N3O4. The molecule has 0 saturated carbocycles. The number of benzene rings is 2. The van der Waals surface area contributed by atoms with Crippen molar-refractivity contribution >= 4 is 5.91 Å². The molecule has 0 N–H and O–H groups in total. The van der Waals surface area contributed by atoms with Crippen LogP contribution in [0.2, 0.25) is 0 Å². The molecule has 7 heteroatoms. The molecule has 1 saturated heterocycles. The smallest absolute Gasteiger partial charge is 0.232 e. The first kappa shape index (κ1) is 22.8. The Hall–Kier alpha value is -3.35. The number of carbonyl (C=O) groups excluding carboxylic acids is 1.